The molecule has 1 rings (SSSR count). The number of alkyl halides is 4. The van der Waals surface area contributed by atoms with Crippen molar-refractivity contribution >= 4 is 0 Å². The van der Waals surface area contributed by atoms with E-state index < -0.39 is 19.0 Å². The van der Waals surface area contributed by atoms with E-state index in [1.165, 1.54) is 0 Å². The Labute approximate surface area is 73.2 Å². The van der Waals surface area contributed by atoms with Gasteiger partial charge in [-0.1, -0.05) is 0 Å². The molecule has 1 aliphatic heterocycles. The third-order valence-electron chi connectivity index (χ3n) is 1.85. The summed E-state index contributed by atoms with van der Waals surface area (Å²) >= 11 is 0. The van der Waals surface area contributed by atoms with Crippen LogP contribution in [0.4, 0.5) is 17.6 Å². The molecule has 1 heterocycles. The van der Waals surface area contributed by atoms with Crippen LogP contribution in [0.3, 0.4) is 0 Å². The number of ether oxygens (including phenoxy) is 1. The fourth-order valence-corrected chi connectivity index (χ4v) is 1.06. The average molecular weight is 201 g/mol. The number of nitrogens with one attached hydrogen (secondary N) is 1. The van der Waals surface area contributed by atoms with E-state index in [4.69, 9.17) is 0 Å². The van der Waals surface area contributed by atoms with E-state index in [0.717, 1.165) is 0 Å². The highest BCUT2D eigenvalue weighted by atomic mass is 19.3. The van der Waals surface area contributed by atoms with E-state index in [-0.39, 0.29) is 6.10 Å². The molecule has 0 amide bonds. The lowest BCUT2D eigenvalue weighted by Crippen LogP contribution is -2.34. The molecule has 1 saturated heterocycles. The number of hydrogen-bond donors (Lipinski definition) is 1. The molecule has 0 spiro atoms. The maximum Gasteiger partial charge on any atom is 0.330 e. The van der Waals surface area contributed by atoms with Crippen molar-refractivity contribution < 1.29 is 22.3 Å². The zero-order valence-electron chi connectivity index (χ0n) is 6.90. The van der Waals surface area contributed by atoms with Gasteiger partial charge in [-0.3, -0.25) is 0 Å². The van der Waals surface area contributed by atoms with Crippen molar-refractivity contribution in [2.24, 2.45) is 0 Å². The maximum absolute atomic E-state index is 12.3. The molecule has 0 radical (unpaired) electrons. The fourth-order valence-electron chi connectivity index (χ4n) is 1.06. The summed E-state index contributed by atoms with van der Waals surface area (Å²) in [4.78, 5) is 0. The van der Waals surface area contributed by atoms with Crippen molar-refractivity contribution in [2.45, 2.75) is 24.9 Å². The summed E-state index contributed by atoms with van der Waals surface area (Å²) < 4.78 is 52.5. The molecule has 0 aliphatic carbocycles. The lowest BCUT2D eigenvalue weighted by atomic mass is 10.3. The first-order valence-electron chi connectivity index (χ1n) is 4.00. The van der Waals surface area contributed by atoms with Gasteiger partial charge in [0.1, 0.15) is 6.61 Å². The van der Waals surface area contributed by atoms with Crippen LogP contribution in [0.15, 0.2) is 0 Å². The van der Waals surface area contributed by atoms with Gasteiger partial charge in [-0.15, -0.1) is 0 Å². The summed E-state index contributed by atoms with van der Waals surface area (Å²) in [5, 5.41) is 2.88. The fraction of sp³-hybridized carbons (Fsp3) is 1.00. The van der Waals surface area contributed by atoms with E-state index >= 15 is 0 Å². The second kappa shape index (κ2) is 4.23. The Bertz CT molecular complexity index is 159. The van der Waals surface area contributed by atoms with Crippen molar-refractivity contribution in [1.29, 1.82) is 0 Å². The molecule has 78 valence electrons. The molecular formula is C7H11F4NO. The highest BCUT2D eigenvalue weighted by molar-refractivity contribution is 4.74. The van der Waals surface area contributed by atoms with Crippen LogP contribution >= 0.6 is 0 Å². The Morgan fingerprint density at radius 1 is 1.46 bits per heavy atom. The summed E-state index contributed by atoms with van der Waals surface area (Å²) in [6.45, 7) is -0.0543. The Balaban J connectivity index is 2.24. The second-order valence-corrected chi connectivity index (χ2v) is 2.99. The first kappa shape index (κ1) is 10.7. The zero-order valence-corrected chi connectivity index (χ0v) is 6.90. The normalized spacial score (nSPS) is 24.2. The molecule has 1 atom stereocenters. The molecular weight excluding hydrogens is 190 g/mol. The Morgan fingerprint density at radius 2 is 2.15 bits per heavy atom. The van der Waals surface area contributed by atoms with Gasteiger partial charge in [0.15, 0.2) is 0 Å². The van der Waals surface area contributed by atoms with Crippen LogP contribution in [-0.4, -0.2) is 38.1 Å². The molecule has 0 aromatic heterocycles. The summed E-state index contributed by atoms with van der Waals surface area (Å²) in [7, 11) is 0. The smallest absolute Gasteiger partial charge is 0.330 e. The van der Waals surface area contributed by atoms with Crippen LogP contribution in [-0.2, 0) is 4.74 Å². The molecule has 1 N–H and O–H groups in total. The standard InChI is InChI=1S/C7H11F4NO/c8-6(9)7(10,11)4-13-5-1-2-12-3-5/h5-6,12H,1-4H2/t5-/m0/s1. The van der Waals surface area contributed by atoms with Gasteiger partial charge in [-0.2, -0.15) is 8.78 Å². The van der Waals surface area contributed by atoms with E-state index in [0.29, 0.717) is 19.5 Å². The van der Waals surface area contributed by atoms with Gasteiger partial charge in [0.05, 0.1) is 6.10 Å². The lowest BCUT2D eigenvalue weighted by molar-refractivity contribution is -0.174. The molecule has 0 unspecified atom stereocenters. The summed E-state index contributed by atoms with van der Waals surface area (Å²) in [5.41, 5.74) is 0. The summed E-state index contributed by atoms with van der Waals surface area (Å²) in [6.07, 6.45) is -3.41. The number of rotatable bonds is 4. The van der Waals surface area contributed by atoms with Crippen LogP contribution in [0, 0.1) is 0 Å². The predicted octanol–water partition coefficient (Wildman–Crippen LogP) is 1.27. The third kappa shape index (κ3) is 3.11. The Morgan fingerprint density at radius 3 is 2.62 bits per heavy atom. The SMILES string of the molecule is FC(F)C(F)(F)CO[C@H]1CCNC1. The van der Waals surface area contributed by atoms with Gasteiger partial charge >= 0.3 is 12.3 Å². The van der Waals surface area contributed by atoms with Crippen LogP contribution in [0.2, 0.25) is 0 Å². The van der Waals surface area contributed by atoms with Gasteiger partial charge in [-0.25, -0.2) is 8.78 Å². The van der Waals surface area contributed by atoms with E-state index in [1.54, 1.807) is 0 Å². The minimum atomic E-state index is -4.03. The summed E-state index contributed by atoms with van der Waals surface area (Å²) in [5.74, 6) is -4.03. The van der Waals surface area contributed by atoms with Crippen LogP contribution in [0.1, 0.15) is 6.42 Å². The van der Waals surface area contributed by atoms with E-state index in [2.05, 4.69) is 10.1 Å². The van der Waals surface area contributed by atoms with Crippen LogP contribution in [0.5, 0.6) is 0 Å². The quantitative estimate of drug-likeness (QED) is 0.691. The summed E-state index contributed by atoms with van der Waals surface area (Å²) in [6, 6.07) is 0. The minimum Gasteiger partial charge on any atom is -0.370 e. The molecule has 0 aromatic carbocycles. The Hall–Kier alpha value is -0.360. The van der Waals surface area contributed by atoms with Gasteiger partial charge in [0.25, 0.3) is 0 Å². The van der Waals surface area contributed by atoms with Crippen molar-refractivity contribution in [3.8, 4) is 0 Å². The number of hydrogen-bond acceptors (Lipinski definition) is 2. The van der Waals surface area contributed by atoms with E-state index in [9.17, 15) is 17.6 Å². The Kier molecular flexibility index (Phi) is 3.49. The van der Waals surface area contributed by atoms with E-state index in [1.807, 2.05) is 0 Å². The van der Waals surface area contributed by atoms with Crippen LogP contribution in [0.25, 0.3) is 0 Å². The molecule has 1 fully saturated rings. The highest BCUT2D eigenvalue weighted by Crippen LogP contribution is 2.23. The largest absolute Gasteiger partial charge is 0.370 e. The monoisotopic (exact) mass is 201 g/mol. The molecule has 0 aromatic rings. The average Bonchev–Trinajstić information content (AvgIpc) is 2.52. The molecule has 2 nitrogen and oxygen atoms in total. The molecule has 6 heteroatoms. The first-order chi connectivity index (χ1) is 6.02. The molecule has 0 bridgehead atoms. The maximum atomic E-state index is 12.3. The van der Waals surface area contributed by atoms with Crippen molar-refractivity contribution in [3.63, 3.8) is 0 Å². The predicted molar refractivity (Wildman–Crippen MR) is 38.2 cm³/mol. The highest BCUT2D eigenvalue weighted by Gasteiger charge is 2.41. The first-order valence-corrected chi connectivity index (χ1v) is 4.00. The third-order valence-corrected chi connectivity index (χ3v) is 1.85. The number of halogens is 4. The van der Waals surface area contributed by atoms with Gasteiger partial charge in [0, 0.05) is 6.54 Å². The lowest BCUT2D eigenvalue weighted by Gasteiger charge is -2.17. The second-order valence-electron chi connectivity index (χ2n) is 2.99. The van der Waals surface area contributed by atoms with Crippen molar-refractivity contribution in [3.05, 3.63) is 0 Å². The molecule has 0 saturated carbocycles. The molecule has 1 aliphatic rings. The zero-order chi connectivity index (χ0) is 9.90. The van der Waals surface area contributed by atoms with Gasteiger partial charge < -0.3 is 10.1 Å². The minimum absolute atomic E-state index is 0.357. The van der Waals surface area contributed by atoms with Gasteiger partial charge in [0.2, 0.25) is 0 Å². The van der Waals surface area contributed by atoms with Crippen LogP contribution < -0.4 is 5.32 Å². The topological polar surface area (TPSA) is 21.3 Å². The van der Waals surface area contributed by atoms with Gasteiger partial charge in [-0.05, 0) is 13.0 Å². The molecule has 13 heavy (non-hydrogen) atoms. The van der Waals surface area contributed by atoms with Crippen molar-refractivity contribution in [1.82, 2.24) is 5.32 Å². The van der Waals surface area contributed by atoms with Crippen molar-refractivity contribution in [2.75, 3.05) is 19.7 Å².